The molecule has 5 heteroatoms. The molecule has 0 aromatic heterocycles. The van der Waals surface area contributed by atoms with Crippen LogP contribution in [0.3, 0.4) is 0 Å². The fraction of sp³-hybridized carbons (Fsp3) is 0.941. The fourth-order valence-corrected chi connectivity index (χ4v) is 4.28. The first kappa shape index (κ1) is 19.6. The van der Waals surface area contributed by atoms with Gasteiger partial charge in [0.25, 0.3) is 0 Å². The monoisotopic (exact) mass is 327 g/mol. The van der Waals surface area contributed by atoms with Gasteiger partial charge in [-0.25, -0.2) is 0 Å². The average molecular weight is 328 g/mol. The molecule has 1 aliphatic rings. The number of hydrogen-bond acceptors (Lipinski definition) is 4. The summed E-state index contributed by atoms with van der Waals surface area (Å²) in [4.78, 5) is 0. The molecule has 4 atom stereocenters. The van der Waals surface area contributed by atoms with Crippen molar-refractivity contribution in [3.63, 3.8) is 0 Å². The molecule has 1 fully saturated rings. The largest absolute Gasteiger partial charge is 0.417 e. The molecule has 4 nitrogen and oxygen atoms in total. The van der Waals surface area contributed by atoms with E-state index < -0.39 is 25.9 Å². The van der Waals surface area contributed by atoms with Crippen molar-refractivity contribution in [2.75, 3.05) is 6.61 Å². The lowest BCUT2D eigenvalue weighted by Crippen LogP contribution is -2.52. The van der Waals surface area contributed by atoms with Gasteiger partial charge in [0, 0.05) is 12.5 Å². The van der Waals surface area contributed by atoms with Crippen molar-refractivity contribution in [2.24, 2.45) is 17.3 Å². The summed E-state index contributed by atoms with van der Waals surface area (Å²) in [5, 5.41) is 29.8. The minimum atomic E-state index is -1.85. The lowest BCUT2D eigenvalue weighted by Gasteiger charge is -2.48. The standard InChI is InChI=1S/C17H33NO3Si/c1-16(2,3)22(6,7)21-11-12-8-9-14(20)17(4,5)15(12)13(19)10-18/h12-15,19-20H,8-9,11H2,1-7H3/t12-,13?,14+,15+/m1/s1. The Hall–Kier alpha value is -0.413. The molecule has 0 aliphatic heterocycles. The molecule has 0 aromatic carbocycles. The topological polar surface area (TPSA) is 73.5 Å². The minimum absolute atomic E-state index is 0.113. The van der Waals surface area contributed by atoms with Gasteiger partial charge in [0.2, 0.25) is 0 Å². The minimum Gasteiger partial charge on any atom is -0.417 e. The van der Waals surface area contributed by atoms with Crippen LogP contribution in [0.5, 0.6) is 0 Å². The zero-order valence-electron chi connectivity index (χ0n) is 15.2. The van der Waals surface area contributed by atoms with Crippen LogP contribution in [-0.4, -0.2) is 37.3 Å². The molecule has 0 heterocycles. The summed E-state index contributed by atoms with van der Waals surface area (Å²) in [6, 6.07) is 1.97. The van der Waals surface area contributed by atoms with Crippen LogP contribution in [0.4, 0.5) is 0 Å². The first-order valence-corrected chi connectivity index (χ1v) is 11.1. The number of nitriles is 1. The Balaban J connectivity index is 2.91. The maximum atomic E-state index is 10.3. The predicted molar refractivity (Wildman–Crippen MR) is 90.8 cm³/mol. The molecule has 1 rings (SSSR count). The molecule has 0 spiro atoms. The van der Waals surface area contributed by atoms with Gasteiger partial charge < -0.3 is 14.6 Å². The van der Waals surface area contributed by atoms with Crippen molar-refractivity contribution in [2.45, 2.75) is 77.8 Å². The molecule has 0 radical (unpaired) electrons. The molecule has 1 saturated carbocycles. The van der Waals surface area contributed by atoms with E-state index in [2.05, 4.69) is 33.9 Å². The summed E-state index contributed by atoms with van der Waals surface area (Å²) < 4.78 is 6.32. The van der Waals surface area contributed by atoms with Crippen molar-refractivity contribution >= 4 is 8.32 Å². The van der Waals surface area contributed by atoms with E-state index in [1.54, 1.807) is 0 Å². The fourth-order valence-electron chi connectivity index (χ4n) is 3.22. The van der Waals surface area contributed by atoms with Gasteiger partial charge >= 0.3 is 0 Å². The summed E-state index contributed by atoms with van der Waals surface area (Å²) in [6.45, 7) is 15.5. The van der Waals surface area contributed by atoms with Gasteiger partial charge in [-0.3, -0.25) is 0 Å². The summed E-state index contributed by atoms with van der Waals surface area (Å²) in [6.07, 6.45) is -0.0434. The van der Waals surface area contributed by atoms with Gasteiger partial charge in [-0.1, -0.05) is 34.6 Å². The first-order chi connectivity index (χ1) is 9.84. The van der Waals surface area contributed by atoms with E-state index in [9.17, 15) is 10.2 Å². The molecule has 0 bridgehead atoms. The summed E-state index contributed by atoms with van der Waals surface area (Å²) in [5.74, 6) is -0.145. The summed E-state index contributed by atoms with van der Waals surface area (Å²) in [5.41, 5.74) is -0.477. The second-order valence-corrected chi connectivity index (χ2v) is 13.7. The highest BCUT2D eigenvalue weighted by Gasteiger charge is 2.49. The lowest BCUT2D eigenvalue weighted by molar-refractivity contribution is -0.100. The van der Waals surface area contributed by atoms with Gasteiger partial charge in [0.1, 0.15) is 6.10 Å². The van der Waals surface area contributed by atoms with Crippen molar-refractivity contribution < 1.29 is 14.6 Å². The molecule has 128 valence electrons. The lowest BCUT2D eigenvalue weighted by atomic mass is 9.60. The highest BCUT2D eigenvalue weighted by molar-refractivity contribution is 6.74. The highest BCUT2D eigenvalue weighted by Crippen LogP contribution is 2.47. The first-order valence-electron chi connectivity index (χ1n) is 8.24. The third kappa shape index (κ3) is 3.91. The second kappa shape index (κ2) is 6.60. The van der Waals surface area contributed by atoms with E-state index in [-0.39, 0.29) is 16.9 Å². The van der Waals surface area contributed by atoms with Crippen LogP contribution in [-0.2, 0) is 4.43 Å². The molecule has 1 aliphatic carbocycles. The van der Waals surface area contributed by atoms with Crippen LogP contribution in [0.1, 0.15) is 47.5 Å². The average Bonchev–Trinajstić information content (AvgIpc) is 2.38. The Morgan fingerprint density at radius 2 is 1.86 bits per heavy atom. The third-order valence-electron chi connectivity index (χ3n) is 5.97. The van der Waals surface area contributed by atoms with Crippen molar-refractivity contribution in [1.82, 2.24) is 0 Å². The molecule has 2 N–H and O–H groups in total. The van der Waals surface area contributed by atoms with Gasteiger partial charge in [-0.15, -0.1) is 0 Å². The van der Waals surface area contributed by atoms with Crippen LogP contribution in [0.25, 0.3) is 0 Å². The highest BCUT2D eigenvalue weighted by atomic mass is 28.4. The van der Waals surface area contributed by atoms with E-state index in [1.807, 2.05) is 19.9 Å². The molecule has 0 amide bonds. The molecular weight excluding hydrogens is 294 g/mol. The van der Waals surface area contributed by atoms with Gasteiger partial charge in [0.05, 0.1) is 12.2 Å². The van der Waals surface area contributed by atoms with Gasteiger partial charge in [0.15, 0.2) is 8.32 Å². The molecule has 0 aromatic rings. The Bertz CT molecular complexity index is 423. The Labute approximate surface area is 136 Å². The third-order valence-corrected chi connectivity index (χ3v) is 10.5. The van der Waals surface area contributed by atoms with Gasteiger partial charge in [-0.05, 0) is 42.3 Å². The van der Waals surface area contributed by atoms with Crippen molar-refractivity contribution in [1.29, 1.82) is 5.26 Å². The zero-order valence-corrected chi connectivity index (χ0v) is 16.2. The number of nitrogens with zero attached hydrogens (tertiary/aromatic N) is 1. The van der Waals surface area contributed by atoms with Crippen molar-refractivity contribution in [3.8, 4) is 6.07 Å². The van der Waals surface area contributed by atoms with Crippen molar-refractivity contribution in [3.05, 3.63) is 0 Å². The van der Waals surface area contributed by atoms with Crippen LogP contribution >= 0.6 is 0 Å². The Kier molecular flexibility index (Phi) is 5.89. The Morgan fingerprint density at radius 3 is 2.32 bits per heavy atom. The molecule has 1 unspecified atom stereocenters. The molecule has 22 heavy (non-hydrogen) atoms. The van der Waals surface area contributed by atoms with Crippen LogP contribution in [0, 0.1) is 28.6 Å². The smallest absolute Gasteiger partial charge is 0.191 e. The van der Waals surface area contributed by atoms with Crippen LogP contribution in [0.2, 0.25) is 18.1 Å². The van der Waals surface area contributed by atoms with Crippen LogP contribution in [0.15, 0.2) is 0 Å². The quantitative estimate of drug-likeness (QED) is 0.614. The van der Waals surface area contributed by atoms with Crippen LogP contribution < -0.4 is 0 Å². The van der Waals surface area contributed by atoms with E-state index in [1.165, 1.54) is 0 Å². The zero-order chi connectivity index (χ0) is 17.3. The van der Waals surface area contributed by atoms with E-state index in [0.29, 0.717) is 13.0 Å². The summed E-state index contributed by atoms with van der Waals surface area (Å²) >= 11 is 0. The van der Waals surface area contributed by atoms with E-state index >= 15 is 0 Å². The maximum absolute atomic E-state index is 10.3. The van der Waals surface area contributed by atoms with E-state index in [0.717, 1.165) is 6.42 Å². The maximum Gasteiger partial charge on any atom is 0.191 e. The molecular formula is C17H33NO3Si. The predicted octanol–water partition coefficient (Wildman–Crippen LogP) is 3.31. The number of rotatable bonds is 4. The number of aliphatic hydroxyl groups is 2. The van der Waals surface area contributed by atoms with E-state index in [4.69, 9.17) is 9.69 Å². The molecule has 0 saturated heterocycles. The number of aliphatic hydroxyl groups excluding tert-OH is 2. The Morgan fingerprint density at radius 1 is 1.32 bits per heavy atom. The second-order valence-electron chi connectivity index (χ2n) is 8.85. The normalized spacial score (nSPS) is 30.6. The summed E-state index contributed by atoms with van der Waals surface area (Å²) in [7, 11) is -1.85. The van der Waals surface area contributed by atoms with Gasteiger partial charge in [-0.2, -0.15) is 5.26 Å². The number of hydrogen-bond donors (Lipinski definition) is 2. The SMILES string of the molecule is CC1(C)[C@H](C(O)C#N)[C@@H](CO[Si](C)(C)C(C)(C)C)CC[C@@H]1O.